The van der Waals surface area contributed by atoms with Crippen molar-refractivity contribution in [3.63, 3.8) is 0 Å². The van der Waals surface area contributed by atoms with E-state index in [1.54, 1.807) is 0 Å². The molecule has 0 aromatic rings. The lowest BCUT2D eigenvalue weighted by Crippen LogP contribution is -2.71. The summed E-state index contributed by atoms with van der Waals surface area (Å²) < 4.78 is 126. The predicted molar refractivity (Wildman–Crippen MR) is 432 cm³/mol. The van der Waals surface area contributed by atoms with Gasteiger partial charge in [-0.15, -0.1) is 0 Å². The molecule has 11 aliphatic heterocycles. The average Bonchev–Trinajstić information content (AvgIpc) is 0.763. The van der Waals surface area contributed by atoms with Crippen molar-refractivity contribution in [2.24, 2.45) is 0 Å². The highest BCUT2D eigenvalue weighted by molar-refractivity contribution is 5.76. The van der Waals surface area contributed by atoms with Gasteiger partial charge in [-0.1, -0.05) is 0 Å². The fourth-order valence-corrected chi connectivity index (χ4v) is 18.1. The number of ether oxygens (including phenoxy) is 21. The first-order valence-corrected chi connectivity index (χ1v) is 44.6. The Balaban J connectivity index is 0.962. The summed E-state index contributed by atoms with van der Waals surface area (Å²) in [5.74, 6) is -7.57. The lowest BCUT2D eigenvalue weighted by atomic mass is 9.93. The number of nitrogens with one attached hydrogen (secondary N) is 6. The van der Waals surface area contributed by atoms with Crippen LogP contribution in [0.2, 0.25) is 0 Å². The van der Waals surface area contributed by atoms with Crippen LogP contribution in [0.3, 0.4) is 0 Å². The van der Waals surface area contributed by atoms with Gasteiger partial charge in [0.1, 0.15) is 262 Å². The van der Waals surface area contributed by atoms with Crippen molar-refractivity contribution < 1.29 is 281 Å². The monoisotopic (exact) mass is 2060 g/mol. The van der Waals surface area contributed by atoms with Gasteiger partial charge >= 0.3 is 5.97 Å². The summed E-state index contributed by atoms with van der Waals surface area (Å²) in [6.07, 6.45) is -109. The third-order valence-corrected chi connectivity index (χ3v) is 25.3. The molecule has 11 rings (SSSR count). The van der Waals surface area contributed by atoms with E-state index in [-0.39, 0.29) is 0 Å². The van der Waals surface area contributed by atoms with Crippen molar-refractivity contribution in [1.82, 2.24) is 31.9 Å². The second-order valence-corrected chi connectivity index (χ2v) is 35.3. The lowest BCUT2D eigenvalue weighted by Gasteiger charge is -2.51. The first kappa shape index (κ1) is 116. The van der Waals surface area contributed by atoms with Crippen molar-refractivity contribution in [2.45, 2.75) is 379 Å². The Morgan fingerprint density at radius 3 is 0.844 bits per heavy atom. The number of hydrogen-bond acceptors (Lipinski definition) is 56. The molecule has 0 aromatic carbocycles. The molecular weight excluding hydrogens is 1930 g/mol. The maximum atomic E-state index is 13.2. The number of aliphatic hydroxyl groups is 28. The number of carboxylic acids is 1. The number of rotatable bonds is 37. The number of aliphatic hydroxyl groups excluding tert-OH is 28. The molecule has 11 aliphatic rings. The second-order valence-electron chi connectivity index (χ2n) is 35.3. The standard InChI is InChI=1S/C78H128N6O57/c1-17(93)79-33-48(108)58(27(11-89)123-68(33)120)133-73-38(84-22(6)98)50(110)60(29(13-91)129-73)136-76-57(117)63(138-78-66(141-72-36(82-20(4)96)47(107)41(101)25(9-87)126-72)55(115)61(30(14-92)130-78)134-70-34(80-18(2)94)45(105)39(99)23(7-85)124-70)44(104)32(131-76)16-122-77-65(140-71-35(81-19(3)95)46(106)40(100)24(8-86)125-71)52(112)42(102)31(132-77)15-121-69-37(83-21(5)97)49(109)59(28(12-90)128-69)135-75-56(116)62(43(103)26(10-88)127-75)137-74-54(114)51(111)53(113)64(139-74)67(118)119/h23-66,68-78,85-92,99-117,120H,7-16H2,1-6H3,(H,79,93)(H,80,94)(H,81,95)(H,82,96)(H,83,97)(H,84,98)(H,118,119)/t23-,24-,25-,26-,27-,28-,29-,30-,31-,32-,33-,34-,35-,36-,37-,38-,39-,40-,41-,42-,43+,44-,45-,46-,47-,48-,49-,50-,51+,52+,53+,54-,55+,56-,57+,58-,59-,60-,61-,62+,63+,64+,65+,66+,68-,69-,70+,71+,72+,73+,74-,75+,76+,77+,78-/m1/s1. The summed E-state index contributed by atoms with van der Waals surface area (Å²) in [6, 6.07) is -11.5. The molecule has 0 radical (unpaired) electrons. The molecule has 0 aliphatic carbocycles. The van der Waals surface area contributed by atoms with Crippen molar-refractivity contribution >= 4 is 41.4 Å². The van der Waals surface area contributed by atoms with Crippen LogP contribution in [0, 0.1) is 0 Å². The van der Waals surface area contributed by atoms with Crippen LogP contribution >= 0.6 is 0 Å². The molecule has 11 fully saturated rings. The topological polar surface area (TPSA) is 972 Å². The fraction of sp³-hybridized carbons (Fsp3) is 0.910. The minimum absolute atomic E-state index is 0.833. The SMILES string of the molecule is CC(=O)N[C@@H]1[C@@H](O)[C@H](O[C@@H]2O[C@H](CO)[C@@H](O[C@@H]3O[C@H](CO[C@H]4O[C@H](CO[C@@H]5O[C@H](CO)[C@@H](O[C@@H]6O[C@H](CO)[C@H](O)[C@H](O[C@@H]7O[C@H](C(=O)O)[C@@H](O)[C@H](O)[C@H]7O)[C@H]6O)[C@H](O)[C@H]5NC(C)=O)[C@@H](O)[C@H](O)[C@@H]4O[C@@H]4O[C@H](CO)[C@@H](O)[C@H](O)[C@H]4NC(C)=O)[C@@H](O)[C@H](O[C@H]4O[C@H](CO)[C@@H](O[C@@H]5O[C@H](CO)[C@@H](O)[C@H](O)[C@H]5NC(C)=O)[C@H](O)[C@@H]4O[C@@H]4O[C@H](CO)[C@@H](O)[C@H](O)[C@H]4NC(C)=O)[C@@H]3O)[C@H](O)[C@H]2NC(C)=O)[C@@H](CO)O[C@H]1O. The minimum Gasteiger partial charge on any atom is -0.479 e. The molecule has 55 atom stereocenters. The van der Waals surface area contributed by atoms with Crippen LogP contribution in [0.5, 0.6) is 0 Å². The van der Waals surface area contributed by atoms with Gasteiger partial charge in [0.2, 0.25) is 35.4 Å². The van der Waals surface area contributed by atoms with E-state index in [9.17, 15) is 182 Å². The maximum absolute atomic E-state index is 13.2. The van der Waals surface area contributed by atoms with Crippen LogP contribution in [0.4, 0.5) is 0 Å². The van der Waals surface area contributed by atoms with Gasteiger partial charge in [-0.2, -0.15) is 0 Å². The van der Waals surface area contributed by atoms with E-state index in [0.29, 0.717) is 0 Å². The Morgan fingerprint density at radius 2 is 0.454 bits per heavy atom. The highest BCUT2D eigenvalue weighted by Crippen LogP contribution is 2.42. The van der Waals surface area contributed by atoms with E-state index in [2.05, 4.69) is 31.9 Å². The van der Waals surface area contributed by atoms with Crippen LogP contribution in [-0.2, 0) is 133 Å². The molecule has 35 N–H and O–H groups in total. The van der Waals surface area contributed by atoms with Gasteiger partial charge in [-0.25, -0.2) is 4.79 Å². The van der Waals surface area contributed by atoms with E-state index >= 15 is 0 Å². The van der Waals surface area contributed by atoms with Gasteiger partial charge < -0.3 is 279 Å². The molecule has 0 aromatic heterocycles. The average molecular weight is 2060 g/mol. The highest BCUT2D eigenvalue weighted by Gasteiger charge is 2.63. The van der Waals surface area contributed by atoms with Crippen molar-refractivity contribution in [2.75, 3.05) is 66.1 Å². The molecule has 6 amide bonds. The second kappa shape index (κ2) is 50.6. The minimum atomic E-state index is -2.73. The quantitative estimate of drug-likeness (QED) is 0.0275. The van der Waals surface area contributed by atoms with Gasteiger partial charge in [0.25, 0.3) is 0 Å². The number of carbonyl (C=O) groups excluding carboxylic acids is 6. The molecule has 11 heterocycles. The van der Waals surface area contributed by atoms with Crippen LogP contribution in [0.1, 0.15) is 41.5 Å². The first-order chi connectivity index (χ1) is 66.6. The molecule has 0 spiro atoms. The highest BCUT2D eigenvalue weighted by atomic mass is 16.8. The number of amides is 6. The van der Waals surface area contributed by atoms with E-state index in [0.717, 1.165) is 41.5 Å². The summed E-state index contributed by atoms with van der Waals surface area (Å²) in [4.78, 5) is 89.2. The molecule has 0 saturated carbocycles. The zero-order valence-corrected chi connectivity index (χ0v) is 75.7. The van der Waals surface area contributed by atoms with Gasteiger partial charge in [-0.05, 0) is 0 Å². The Bertz CT molecular complexity index is 4010. The van der Waals surface area contributed by atoms with Crippen LogP contribution in [-0.4, -0.2) is 593 Å². The number of carbonyl (C=O) groups is 7. The van der Waals surface area contributed by atoms with Gasteiger partial charge in [0, 0.05) is 41.5 Å². The molecule has 11 saturated heterocycles. The fourth-order valence-electron chi connectivity index (χ4n) is 18.1. The van der Waals surface area contributed by atoms with Crippen molar-refractivity contribution in [3.05, 3.63) is 0 Å². The van der Waals surface area contributed by atoms with Gasteiger partial charge in [0.15, 0.2) is 75.3 Å². The third-order valence-electron chi connectivity index (χ3n) is 25.3. The smallest absolute Gasteiger partial charge is 0.335 e. The van der Waals surface area contributed by atoms with E-state index < -0.39 is 445 Å². The largest absolute Gasteiger partial charge is 0.479 e. The summed E-state index contributed by atoms with van der Waals surface area (Å²) in [7, 11) is 0. The molecular formula is C78H128N6O57. The summed E-state index contributed by atoms with van der Waals surface area (Å²) in [6.45, 7) is -6.39. The molecule has 63 heteroatoms. The zero-order valence-electron chi connectivity index (χ0n) is 75.7. The number of hydrogen-bond donors (Lipinski definition) is 35. The zero-order chi connectivity index (χ0) is 104. The summed E-state index contributed by atoms with van der Waals surface area (Å²) in [5, 5.41) is 342. The van der Waals surface area contributed by atoms with E-state index in [4.69, 9.17) is 99.5 Å². The molecule has 812 valence electrons. The number of aliphatic carboxylic acids is 1. The van der Waals surface area contributed by atoms with Crippen molar-refractivity contribution in [1.29, 1.82) is 0 Å². The predicted octanol–water partition coefficient (Wildman–Crippen LogP) is -24.0. The Kier molecular flexibility index (Phi) is 41.5. The van der Waals surface area contributed by atoms with Crippen LogP contribution in [0.25, 0.3) is 0 Å². The van der Waals surface area contributed by atoms with E-state index in [1.807, 2.05) is 0 Å². The normalized spacial score (nSPS) is 47.8. The van der Waals surface area contributed by atoms with Crippen LogP contribution in [0.15, 0.2) is 0 Å². The summed E-state index contributed by atoms with van der Waals surface area (Å²) >= 11 is 0. The van der Waals surface area contributed by atoms with Crippen LogP contribution < -0.4 is 31.9 Å². The Morgan fingerprint density at radius 1 is 0.206 bits per heavy atom. The Labute approximate surface area is 797 Å². The molecule has 0 bridgehead atoms. The maximum Gasteiger partial charge on any atom is 0.335 e. The first-order valence-electron chi connectivity index (χ1n) is 44.6. The van der Waals surface area contributed by atoms with Gasteiger partial charge in [0.05, 0.1) is 66.1 Å². The lowest BCUT2D eigenvalue weighted by molar-refractivity contribution is -0.403. The number of carboxylic acid groups (broad SMARTS) is 1. The Hall–Kier alpha value is -5.67. The van der Waals surface area contributed by atoms with Crippen molar-refractivity contribution in [3.8, 4) is 0 Å². The summed E-state index contributed by atoms with van der Waals surface area (Å²) in [5.41, 5.74) is 0. The van der Waals surface area contributed by atoms with Gasteiger partial charge in [-0.3, -0.25) is 28.8 Å². The third kappa shape index (κ3) is 26.1. The molecule has 0 unspecified atom stereocenters. The molecule has 63 nitrogen and oxygen atoms in total. The van der Waals surface area contributed by atoms with E-state index in [1.165, 1.54) is 0 Å². The molecule has 141 heavy (non-hydrogen) atoms.